The number of rotatable bonds is 8. The molecule has 174 valence electrons. The Labute approximate surface area is 192 Å². The van der Waals surface area contributed by atoms with E-state index in [9.17, 15) is 0 Å². The SMILES string of the molecule is CCNC(=NCc1cccc(Cn2ccnc2)c1)NCC1(N2CCOCC2)CCCCC1. The zero-order valence-corrected chi connectivity index (χ0v) is 19.4. The van der Waals surface area contributed by atoms with E-state index in [4.69, 9.17) is 9.73 Å². The molecule has 32 heavy (non-hydrogen) atoms. The molecule has 1 saturated carbocycles. The molecular weight excluding hydrogens is 400 g/mol. The molecule has 1 saturated heterocycles. The summed E-state index contributed by atoms with van der Waals surface area (Å²) in [6, 6.07) is 8.67. The summed E-state index contributed by atoms with van der Waals surface area (Å²) < 4.78 is 7.71. The first kappa shape index (κ1) is 22.8. The van der Waals surface area contributed by atoms with E-state index in [1.54, 1.807) is 0 Å². The molecule has 2 heterocycles. The quantitative estimate of drug-likeness (QED) is 0.490. The first-order valence-corrected chi connectivity index (χ1v) is 12.2. The lowest BCUT2D eigenvalue weighted by Gasteiger charge is -2.48. The number of aromatic nitrogens is 2. The summed E-state index contributed by atoms with van der Waals surface area (Å²) in [5, 5.41) is 7.14. The Morgan fingerprint density at radius 3 is 2.69 bits per heavy atom. The van der Waals surface area contributed by atoms with Gasteiger partial charge in [-0.15, -0.1) is 0 Å². The van der Waals surface area contributed by atoms with Gasteiger partial charge in [0.05, 0.1) is 26.1 Å². The molecule has 0 atom stereocenters. The molecule has 7 nitrogen and oxygen atoms in total. The normalized spacial score (nSPS) is 19.6. The third kappa shape index (κ3) is 6.11. The van der Waals surface area contributed by atoms with Crippen LogP contribution in [0.4, 0.5) is 0 Å². The van der Waals surface area contributed by atoms with Crippen LogP contribution in [0.2, 0.25) is 0 Å². The van der Waals surface area contributed by atoms with Crippen molar-refractivity contribution in [3.63, 3.8) is 0 Å². The van der Waals surface area contributed by atoms with Crippen LogP contribution in [0.15, 0.2) is 48.0 Å². The van der Waals surface area contributed by atoms with E-state index in [1.807, 2.05) is 18.7 Å². The number of ether oxygens (including phenoxy) is 1. The summed E-state index contributed by atoms with van der Waals surface area (Å²) >= 11 is 0. The minimum absolute atomic E-state index is 0.225. The Morgan fingerprint density at radius 1 is 1.12 bits per heavy atom. The van der Waals surface area contributed by atoms with E-state index in [0.29, 0.717) is 6.54 Å². The van der Waals surface area contributed by atoms with Gasteiger partial charge < -0.3 is 19.9 Å². The molecular formula is C25H38N6O. The monoisotopic (exact) mass is 438 g/mol. The second-order valence-electron chi connectivity index (χ2n) is 8.99. The zero-order valence-electron chi connectivity index (χ0n) is 19.4. The highest BCUT2D eigenvalue weighted by atomic mass is 16.5. The predicted molar refractivity (Wildman–Crippen MR) is 129 cm³/mol. The highest BCUT2D eigenvalue weighted by molar-refractivity contribution is 5.79. The van der Waals surface area contributed by atoms with Crippen LogP contribution in [0.1, 0.15) is 50.2 Å². The smallest absolute Gasteiger partial charge is 0.191 e. The molecule has 7 heteroatoms. The molecule has 1 aliphatic carbocycles. The number of hydrogen-bond donors (Lipinski definition) is 2. The molecule has 1 aliphatic heterocycles. The largest absolute Gasteiger partial charge is 0.379 e. The summed E-state index contributed by atoms with van der Waals surface area (Å²) in [4.78, 5) is 11.7. The summed E-state index contributed by atoms with van der Waals surface area (Å²) in [6.07, 6.45) is 12.2. The van der Waals surface area contributed by atoms with Crippen molar-refractivity contribution in [3.05, 3.63) is 54.1 Å². The van der Waals surface area contributed by atoms with Gasteiger partial charge in [0, 0.05) is 50.7 Å². The average Bonchev–Trinajstić information content (AvgIpc) is 3.35. The molecule has 0 amide bonds. The molecule has 4 rings (SSSR count). The van der Waals surface area contributed by atoms with Crippen molar-refractivity contribution in [1.29, 1.82) is 0 Å². The van der Waals surface area contributed by atoms with Crippen LogP contribution in [0.5, 0.6) is 0 Å². The molecule has 0 bridgehead atoms. The number of benzene rings is 1. The van der Waals surface area contributed by atoms with Gasteiger partial charge in [0.25, 0.3) is 0 Å². The van der Waals surface area contributed by atoms with E-state index in [0.717, 1.165) is 51.9 Å². The van der Waals surface area contributed by atoms with Crippen LogP contribution in [-0.4, -0.2) is 65.3 Å². The number of nitrogens with one attached hydrogen (secondary N) is 2. The van der Waals surface area contributed by atoms with Gasteiger partial charge in [-0.1, -0.05) is 43.5 Å². The Bertz CT molecular complexity index is 838. The highest BCUT2D eigenvalue weighted by Crippen LogP contribution is 2.33. The number of aliphatic imine (C=N–C) groups is 1. The maximum atomic E-state index is 5.63. The van der Waals surface area contributed by atoms with Crippen molar-refractivity contribution in [2.75, 3.05) is 39.4 Å². The lowest BCUT2D eigenvalue weighted by atomic mass is 9.80. The van der Waals surface area contributed by atoms with Crippen LogP contribution < -0.4 is 10.6 Å². The molecule has 2 aromatic rings. The fraction of sp³-hybridized carbons (Fsp3) is 0.600. The Morgan fingerprint density at radius 2 is 1.94 bits per heavy atom. The minimum atomic E-state index is 0.225. The third-order valence-electron chi connectivity index (χ3n) is 6.73. The molecule has 2 fully saturated rings. The highest BCUT2D eigenvalue weighted by Gasteiger charge is 2.38. The summed E-state index contributed by atoms with van der Waals surface area (Å²) in [5.74, 6) is 0.908. The summed E-state index contributed by atoms with van der Waals surface area (Å²) in [5.41, 5.74) is 2.71. The molecule has 1 aromatic heterocycles. The fourth-order valence-electron chi connectivity index (χ4n) is 5.03. The van der Waals surface area contributed by atoms with E-state index in [1.165, 1.54) is 43.2 Å². The van der Waals surface area contributed by atoms with Crippen LogP contribution in [0.25, 0.3) is 0 Å². The standard InChI is InChI=1S/C25H38N6O/c1-2-27-24(28-18-22-7-6-8-23(17-22)19-30-12-11-26-21-30)29-20-25(9-4-3-5-10-25)31-13-15-32-16-14-31/h6-8,11-12,17,21H,2-5,9-10,13-16,18-20H2,1H3,(H2,27,28,29). The van der Waals surface area contributed by atoms with Crippen molar-refractivity contribution < 1.29 is 4.74 Å². The van der Waals surface area contributed by atoms with E-state index in [-0.39, 0.29) is 5.54 Å². The summed E-state index contributed by atoms with van der Waals surface area (Å²) in [7, 11) is 0. The van der Waals surface area contributed by atoms with Crippen molar-refractivity contribution in [2.24, 2.45) is 4.99 Å². The topological polar surface area (TPSA) is 66.7 Å². The van der Waals surface area contributed by atoms with Crippen molar-refractivity contribution in [1.82, 2.24) is 25.1 Å². The second-order valence-corrected chi connectivity index (χ2v) is 8.99. The zero-order chi connectivity index (χ0) is 22.1. The molecule has 2 N–H and O–H groups in total. The minimum Gasteiger partial charge on any atom is -0.379 e. The maximum absolute atomic E-state index is 5.63. The lowest BCUT2D eigenvalue weighted by Crippen LogP contribution is -2.60. The van der Waals surface area contributed by atoms with E-state index in [2.05, 4.69) is 56.3 Å². The van der Waals surface area contributed by atoms with Crippen LogP contribution in [0, 0.1) is 0 Å². The number of guanidine groups is 1. The fourth-order valence-corrected chi connectivity index (χ4v) is 5.03. The Kier molecular flexibility index (Phi) is 8.18. The van der Waals surface area contributed by atoms with Gasteiger partial charge in [0.2, 0.25) is 0 Å². The van der Waals surface area contributed by atoms with E-state index >= 15 is 0 Å². The number of nitrogens with zero attached hydrogens (tertiary/aromatic N) is 4. The van der Waals surface area contributed by atoms with Crippen molar-refractivity contribution in [3.8, 4) is 0 Å². The van der Waals surface area contributed by atoms with Gasteiger partial charge in [0.1, 0.15) is 0 Å². The first-order valence-electron chi connectivity index (χ1n) is 12.2. The molecule has 2 aliphatic rings. The maximum Gasteiger partial charge on any atom is 0.191 e. The third-order valence-corrected chi connectivity index (χ3v) is 6.73. The number of imidazole rings is 1. The molecule has 1 aromatic carbocycles. The lowest BCUT2D eigenvalue weighted by molar-refractivity contribution is -0.0352. The number of morpholine rings is 1. The summed E-state index contributed by atoms with van der Waals surface area (Å²) in [6.45, 7) is 9.21. The van der Waals surface area contributed by atoms with Gasteiger partial charge in [-0.3, -0.25) is 4.90 Å². The molecule has 0 unspecified atom stereocenters. The second kappa shape index (κ2) is 11.5. The van der Waals surface area contributed by atoms with Gasteiger partial charge in [-0.05, 0) is 30.9 Å². The molecule has 0 radical (unpaired) electrons. The molecule has 0 spiro atoms. The average molecular weight is 439 g/mol. The van der Waals surface area contributed by atoms with Gasteiger partial charge >= 0.3 is 0 Å². The number of hydrogen-bond acceptors (Lipinski definition) is 4. The van der Waals surface area contributed by atoms with Crippen LogP contribution >= 0.6 is 0 Å². The van der Waals surface area contributed by atoms with Crippen molar-refractivity contribution in [2.45, 2.75) is 57.7 Å². The van der Waals surface area contributed by atoms with Crippen LogP contribution in [-0.2, 0) is 17.8 Å². The predicted octanol–water partition coefficient (Wildman–Crippen LogP) is 3.02. The van der Waals surface area contributed by atoms with Crippen LogP contribution in [0.3, 0.4) is 0 Å². The van der Waals surface area contributed by atoms with Gasteiger partial charge in [-0.2, -0.15) is 0 Å². The van der Waals surface area contributed by atoms with Gasteiger partial charge in [0.15, 0.2) is 5.96 Å². The first-order chi connectivity index (χ1) is 15.8. The Hall–Kier alpha value is -2.38. The van der Waals surface area contributed by atoms with Crippen molar-refractivity contribution >= 4 is 5.96 Å². The Balaban J connectivity index is 1.40. The van der Waals surface area contributed by atoms with Gasteiger partial charge in [-0.25, -0.2) is 9.98 Å². The van der Waals surface area contributed by atoms with E-state index < -0.39 is 0 Å².